The zero-order valence-electron chi connectivity index (χ0n) is 45.2. The largest absolute Gasteiger partial charge is 0.756 e. The van der Waals surface area contributed by atoms with E-state index in [0.717, 1.165) is 34.4 Å². The SMILES string of the molecule is Nc1cc2c(ncn2[C@@H]2O[C@@H]3COP(=O)([O-])O[C@H]4[C@@H](O)[C@H](n5cnc6c(=O)[nH]c(N)nc65)O[C@@H]4COP(=O)([O-])O[C@H]3[C@H]2O)c(=O)[nH]1.Nc1nc2c(ncn2[C@@H]2O[C@@H]3COP(=O)([O-])O[C@H]4[C@@H](O)[C@H](n5cnc6c(N)ncnc65)O[C@@H]4COP(=O)(O)O[C@@H]2[C@@H]3O)c(=O)[nH]1. The van der Waals surface area contributed by atoms with Crippen LogP contribution in [0.5, 0.6) is 0 Å². The van der Waals surface area contributed by atoms with Crippen molar-refractivity contribution in [3.63, 3.8) is 0 Å². The van der Waals surface area contributed by atoms with Crippen molar-refractivity contribution in [3.05, 3.63) is 68.8 Å². The molecular weight excluding hydrogens is 1310 g/mol. The van der Waals surface area contributed by atoms with E-state index in [4.69, 9.17) is 78.1 Å². The lowest BCUT2D eigenvalue weighted by Crippen LogP contribution is -2.41. The highest BCUT2D eigenvalue weighted by atomic mass is 31.2. The average molecular weight is 1360 g/mol. The third-order valence-corrected chi connectivity index (χ3v) is 18.7. The second kappa shape index (κ2) is 23.2. The van der Waals surface area contributed by atoms with E-state index < -0.39 is 173 Å². The summed E-state index contributed by atoms with van der Waals surface area (Å²) in [4.78, 5) is 125. The van der Waals surface area contributed by atoms with Gasteiger partial charge >= 0.3 is 7.82 Å². The number of pyridine rings is 1. The molecule has 50 heteroatoms. The summed E-state index contributed by atoms with van der Waals surface area (Å²) < 4.78 is 120. The van der Waals surface area contributed by atoms with Crippen molar-refractivity contribution in [1.82, 2.24) is 73.1 Å². The predicted octanol–water partition coefficient (Wildman–Crippen LogP) is -6.68. The normalized spacial score (nSPS) is 37.4. The second-order valence-corrected chi connectivity index (χ2v) is 26.1. The first kappa shape index (κ1) is 62.8. The summed E-state index contributed by atoms with van der Waals surface area (Å²) in [6.45, 7) is -3.63. The summed E-state index contributed by atoms with van der Waals surface area (Å²) in [5.74, 6) is -0.612. The van der Waals surface area contributed by atoms with Crippen molar-refractivity contribution < 1.29 is 113 Å². The standard InChI is InChI=1S/C21H25N9O14P2.C20H24N10O13P2/c22-9-1-6-10(17(33)26-9)24-4-29(6)19-12(31)14-7(41-19)2-39-46(37,38)44-15-8(3-40-45(35,36)43-14)42-20(13(15)32)30-5-25-11-16(30)27-21(23)28-18(11)34;21-14-8-15(24-3-23-14)29(4-25-8)18-11(32)12-7(41-18)2-39-45(36,37)43-13-10(31)6(1-38-44(34,35)42-12)40-19(13)30-5-26-9-16(30)27-20(22)28-17(9)33/h1,4-5,7-8,12-15,19-20,31-32H,2-3H2,(H,35,36)(H,37,38)(H3,22,26,33)(H3,23,27,28,34);3-7,10-13,18-19,31-32H,1-2H2,(H,34,35)(H,36,37)(H2,21,23,24)(H3,22,27,28,33)/p-3/t7-,8-,12-,13-,14-,15-,19-,20-;6-,7-,10-,11-,12-,13-,18-,19-/m11/s1. The summed E-state index contributed by atoms with van der Waals surface area (Å²) in [6, 6.07) is 1.32. The van der Waals surface area contributed by atoms with Gasteiger partial charge in [-0.1, -0.05) is 0 Å². The van der Waals surface area contributed by atoms with Gasteiger partial charge in [-0.15, -0.1) is 0 Å². The fourth-order valence-corrected chi connectivity index (χ4v) is 14.6. The number of rotatable bonds is 4. The Morgan fingerprint density at radius 3 is 1.40 bits per heavy atom. The van der Waals surface area contributed by atoms with E-state index in [0.29, 0.717) is 0 Å². The van der Waals surface area contributed by atoms with Crippen LogP contribution in [-0.2, 0) is 73.4 Å². The van der Waals surface area contributed by atoms with Crippen LogP contribution in [0.3, 0.4) is 0 Å². The van der Waals surface area contributed by atoms with Gasteiger partial charge in [0.25, 0.3) is 40.1 Å². The molecule has 14 rings (SSSR count). The van der Waals surface area contributed by atoms with Gasteiger partial charge in [-0.3, -0.25) is 60.8 Å². The molecular formula is C41H46N19O27P4-3. The van der Waals surface area contributed by atoms with Gasteiger partial charge in [0.05, 0.1) is 57.3 Å². The lowest BCUT2D eigenvalue weighted by Gasteiger charge is -2.34. The smallest absolute Gasteiger partial charge is 0.472 e. The molecule has 46 nitrogen and oxygen atoms in total. The second-order valence-electron chi connectivity index (χ2n) is 20.6. The number of phosphoric acid groups is 4. The Hall–Kier alpha value is -7.01. The molecule has 2 bridgehead atoms. The van der Waals surface area contributed by atoms with E-state index in [1.54, 1.807) is 0 Å². The van der Waals surface area contributed by atoms with Gasteiger partial charge in [-0.2, -0.15) is 9.97 Å². The number of hydrogen-bond acceptors (Lipinski definition) is 38. The number of aliphatic hydroxyl groups excluding tert-OH is 4. The lowest BCUT2D eigenvalue weighted by molar-refractivity contribution is -0.245. The molecule has 0 aliphatic carbocycles. The molecule has 6 fully saturated rings. The monoisotopic (exact) mass is 1360 g/mol. The molecule has 6 aliphatic heterocycles. The van der Waals surface area contributed by atoms with Gasteiger partial charge in [-0.05, 0) is 0 Å². The fraction of sp³-hybridized carbons (Fsp3) is 0.488. The van der Waals surface area contributed by atoms with Gasteiger partial charge in [-0.25, -0.2) is 34.5 Å². The van der Waals surface area contributed by atoms with Crippen molar-refractivity contribution in [2.45, 2.75) is 98.2 Å². The molecule has 490 valence electrons. The van der Waals surface area contributed by atoms with Crippen molar-refractivity contribution in [2.75, 3.05) is 49.4 Å². The molecule has 6 saturated heterocycles. The number of anilines is 4. The number of phosphoric ester groups is 4. The quantitative estimate of drug-likeness (QED) is 0.0729. The van der Waals surface area contributed by atoms with E-state index >= 15 is 0 Å². The average Bonchev–Trinajstić information content (AvgIpc) is 1.64. The first-order valence-corrected chi connectivity index (χ1v) is 32.1. The molecule has 0 amide bonds. The number of imidazole rings is 4. The maximum atomic E-state index is 13.2. The third kappa shape index (κ3) is 11.8. The van der Waals surface area contributed by atoms with E-state index in [1.165, 1.54) is 21.5 Å². The molecule has 16 N–H and O–H groups in total. The van der Waals surface area contributed by atoms with Gasteiger partial charge in [0.1, 0.15) is 90.9 Å². The van der Waals surface area contributed by atoms with Crippen molar-refractivity contribution in [3.8, 4) is 0 Å². The van der Waals surface area contributed by atoms with Gasteiger partial charge in [0.2, 0.25) is 11.9 Å². The van der Waals surface area contributed by atoms with Gasteiger partial charge in [0, 0.05) is 6.07 Å². The van der Waals surface area contributed by atoms with Crippen molar-refractivity contribution in [1.29, 1.82) is 0 Å². The Morgan fingerprint density at radius 2 is 0.879 bits per heavy atom. The zero-order valence-corrected chi connectivity index (χ0v) is 48.8. The third-order valence-electron chi connectivity index (χ3n) is 14.8. The Morgan fingerprint density at radius 1 is 0.473 bits per heavy atom. The van der Waals surface area contributed by atoms with Crippen LogP contribution in [0.4, 0.5) is 23.5 Å². The number of ether oxygens (including phenoxy) is 4. The van der Waals surface area contributed by atoms with Crippen molar-refractivity contribution in [2.24, 2.45) is 0 Å². The number of fused-ring (bicyclic) bond motifs is 9. The Labute approximate surface area is 500 Å². The minimum atomic E-state index is -5.35. The van der Waals surface area contributed by atoms with Crippen molar-refractivity contribution >= 4 is 99.3 Å². The summed E-state index contributed by atoms with van der Waals surface area (Å²) in [7, 11) is -21.1. The van der Waals surface area contributed by atoms with Crippen LogP contribution in [-0.4, -0.2) is 198 Å². The Kier molecular flexibility index (Phi) is 16.0. The minimum absolute atomic E-state index is 0.0243. The van der Waals surface area contributed by atoms with E-state index in [9.17, 15) is 72.6 Å². The van der Waals surface area contributed by atoms with Crippen LogP contribution in [0.15, 0.2) is 52.1 Å². The number of nitrogens with one attached hydrogen (secondary N) is 3. The molecule has 0 radical (unpaired) electrons. The molecule has 0 saturated carbocycles. The van der Waals surface area contributed by atoms with Gasteiger partial charge in [0.15, 0.2) is 64.2 Å². The van der Waals surface area contributed by atoms with Crippen LogP contribution in [0.25, 0.3) is 44.5 Å². The Bertz CT molecular complexity index is 4400. The minimum Gasteiger partial charge on any atom is -0.756 e. The topological polar surface area (TPSA) is 675 Å². The van der Waals surface area contributed by atoms with Crippen LogP contribution < -0.4 is 54.3 Å². The lowest BCUT2D eigenvalue weighted by atomic mass is 10.1. The summed E-state index contributed by atoms with van der Waals surface area (Å²) in [6.07, 6.45) is -20.8. The number of nitrogens with two attached hydrogens (primary N) is 4. The number of hydrogen-bond donors (Lipinski definition) is 12. The summed E-state index contributed by atoms with van der Waals surface area (Å²) in [5, 5.41) is 44.3. The first-order valence-electron chi connectivity index (χ1n) is 26.2. The zero-order chi connectivity index (χ0) is 64.5. The maximum Gasteiger partial charge on any atom is 0.472 e. The highest BCUT2D eigenvalue weighted by Gasteiger charge is 2.55. The molecule has 14 heterocycles. The molecule has 0 aromatic carbocycles. The number of H-pyrrole nitrogens is 3. The van der Waals surface area contributed by atoms with Crippen LogP contribution in [0.1, 0.15) is 24.9 Å². The Balaban J connectivity index is 0.000000167. The first-order chi connectivity index (χ1) is 43.0. The molecule has 0 spiro atoms. The summed E-state index contributed by atoms with van der Waals surface area (Å²) >= 11 is 0. The van der Waals surface area contributed by atoms with E-state index in [1.807, 2.05) is 0 Å². The fourth-order valence-electron chi connectivity index (χ4n) is 10.8. The molecule has 91 heavy (non-hydrogen) atoms. The van der Waals surface area contributed by atoms with Crippen LogP contribution >= 0.6 is 31.3 Å². The number of aromatic amines is 3. The molecule has 8 aromatic rings. The van der Waals surface area contributed by atoms with Crippen LogP contribution in [0, 0.1) is 0 Å². The molecule has 6 aliphatic rings. The number of nitrogen functional groups attached to an aromatic ring is 4. The molecule has 4 unspecified atom stereocenters. The predicted molar refractivity (Wildman–Crippen MR) is 285 cm³/mol. The van der Waals surface area contributed by atoms with E-state index in [-0.39, 0.29) is 68.1 Å². The number of nitrogens with zero attached hydrogens (tertiary/aromatic N) is 12. The highest BCUT2D eigenvalue weighted by Crippen LogP contribution is 2.54. The molecule has 8 aromatic heterocycles. The molecule has 20 atom stereocenters. The highest BCUT2D eigenvalue weighted by molar-refractivity contribution is 7.47. The maximum absolute atomic E-state index is 13.2. The van der Waals surface area contributed by atoms with E-state index in [2.05, 4.69) is 54.8 Å². The number of aliphatic hydroxyl groups is 4. The number of aromatic nitrogens is 15. The van der Waals surface area contributed by atoms with Gasteiger partial charge < -0.3 is 119 Å². The summed E-state index contributed by atoms with van der Waals surface area (Å²) in [5.41, 5.74) is 20.4. The van der Waals surface area contributed by atoms with Crippen LogP contribution in [0.2, 0.25) is 0 Å².